The highest BCUT2D eigenvalue weighted by atomic mass is 16.2. The van der Waals surface area contributed by atoms with Gasteiger partial charge in [-0.3, -0.25) is 9.69 Å². The van der Waals surface area contributed by atoms with E-state index in [9.17, 15) is 9.59 Å². The Labute approximate surface area is 147 Å². The second-order valence-electron chi connectivity index (χ2n) is 6.31. The lowest BCUT2D eigenvalue weighted by Crippen LogP contribution is -2.43. The van der Waals surface area contributed by atoms with Crippen LogP contribution in [0.3, 0.4) is 0 Å². The second kappa shape index (κ2) is 7.99. The number of para-hydroxylation sites is 1. The molecule has 2 fully saturated rings. The Morgan fingerprint density at radius 2 is 2.04 bits per heavy atom. The van der Waals surface area contributed by atoms with Crippen molar-refractivity contribution in [2.75, 3.05) is 44.2 Å². The number of hydrogen-bond donors (Lipinski definition) is 1. The molecular weight excluding hydrogens is 318 g/mol. The lowest BCUT2D eigenvalue weighted by atomic mass is 10.2. The average molecular weight is 341 g/mol. The highest BCUT2D eigenvalue weighted by Gasteiger charge is 2.30. The fourth-order valence-electron chi connectivity index (χ4n) is 3.35. The van der Waals surface area contributed by atoms with E-state index < -0.39 is 0 Å². The van der Waals surface area contributed by atoms with Crippen molar-refractivity contribution in [1.82, 2.24) is 15.1 Å². The summed E-state index contributed by atoms with van der Waals surface area (Å²) in [5.74, 6) is -0.0392. The van der Waals surface area contributed by atoms with Gasteiger partial charge in [-0.2, -0.15) is 5.26 Å². The molecular formula is C18H23N5O2. The molecule has 2 heterocycles. The minimum Gasteiger partial charge on any atom is -0.326 e. The lowest BCUT2D eigenvalue weighted by Gasteiger charge is -2.21. The lowest BCUT2D eigenvalue weighted by molar-refractivity contribution is -0.130. The number of nitrogens with zero attached hydrogens (tertiary/aromatic N) is 4. The van der Waals surface area contributed by atoms with Gasteiger partial charge in [-0.15, -0.1) is 0 Å². The number of nitrogens with one attached hydrogen (secondary N) is 1. The summed E-state index contributed by atoms with van der Waals surface area (Å²) in [4.78, 5) is 29.8. The van der Waals surface area contributed by atoms with Crippen LogP contribution in [0.2, 0.25) is 0 Å². The van der Waals surface area contributed by atoms with E-state index in [0.29, 0.717) is 32.7 Å². The van der Waals surface area contributed by atoms with Gasteiger partial charge < -0.3 is 15.1 Å². The summed E-state index contributed by atoms with van der Waals surface area (Å²) in [6.07, 6.45) is 1.65. The van der Waals surface area contributed by atoms with Crippen LogP contribution in [-0.4, -0.2) is 67.0 Å². The first-order chi connectivity index (χ1) is 12.2. The third kappa shape index (κ3) is 3.91. The van der Waals surface area contributed by atoms with E-state index in [1.54, 1.807) is 14.7 Å². The number of anilines is 1. The molecule has 1 aromatic rings. The second-order valence-corrected chi connectivity index (χ2v) is 6.31. The van der Waals surface area contributed by atoms with Gasteiger partial charge in [0.2, 0.25) is 5.91 Å². The summed E-state index contributed by atoms with van der Waals surface area (Å²) in [5, 5.41) is 12.1. The molecule has 2 aliphatic heterocycles. The van der Waals surface area contributed by atoms with E-state index in [1.165, 1.54) is 0 Å². The molecule has 0 unspecified atom stereocenters. The molecule has 7 nitrogen and oxygen atoms in total. The van der Waals surface area contributed by atoms with Gasteiger partial charge >= 0.3 is 6.03 Å². The molecule has 0 bridgehead atoms. The maximum absolute atomic E-state index is 12.4. The smallest absolute Gasteiger partial charge is 0.324 e. The van der Waals surface area contributed by atoms with Crippen LogP contribution in [0.25, 0.3) is 0 Å². The molecule has 2 aliphatic rings. The zero-order valence-corrected chi connectivity index (χ0v) is 14.2. The monoisotopic (exact) mass is 341 g/mol. The predicted molar refractivity (Wildman–Crippen MR) is 94.0 cm³/mol. The van der Waals surface area contributed by atoms with Gasteiger partial charge in [0.1, 0.15) is 6.04 Å². The summed E-state index contributed by atoms with van der Waals surface area (Å²) in [6.45, 7) is 3.37. The fourth-order valence-corrected chi connectivity index (χ4v) is 3.35. The maximum atomic E-state index is 12.4. The van der Waals surface area contributed by atoms with Crippen LogP contribution in [0.5, 0.6) is 0 Å². The number of nitriles is 1. The molecule has 0 spiro atoms. The normalized spacial score (nSPS) is 20.2. The van der Waals surface area contributed by atoms with Crippen molar-refractivity contribution in [3.05, 3.63) is 30.3 Å². The summed E-state index contributed by atoms with van der Waals surface area (Å²) < 4.78 is 0. The molecule has 132 valence electrons. The largest absolute Gasteiger partial charge is 0.326 e. The topological polar surface area (TPSA) is 79.7 Å². The van der Waals surface area contributed by atoms with E-state index in [-0.39, 0.29) is 24.5 Å². The van der Waals surface area contributed by atoms with Crippen molar-refractivity contribution in [3.63, 3.8) is 0 Å². The first kappa shape index (κ1) is 17.2. The fraction of sp³-hybridized carbons (Fsp3) is 0.500. The van der Waals surface area contributed by atoms with E-state index >= 15 is 0 Å². The quantitative estimate of drug-likeness (QED) is 0.784. The Bertz CT molecular complexity index is 657. The number of rotatable bonds is 6. The summed E-state index contributed by atoms with van der Waals surface area (Å²) >= 11 is 0. The van der Waals surface area contributed by atoms with Gasteiger partial charge in [-0.25, -0.2) is 4.79 Å². The Kier molecular flexibility index (Phi) is 5.51. The molecule has 7 heteroatoms. The van der Waals surface area contributed by atoms with Crippen LogP contribution in [0.1, 0.15) is 12.8 Å². The molecule has 0 saturated carbocycles. The van der Waals surface area contributed by atoms with Crippen molar-refractivity contribution >= 4 is 17.6 Å². The molecule has 3 rings (SSSR count). The van der Waals surface area contributed by atoms with Gasteiger partial charge in [0.25, 0.3) is 0 Å². The summed E-state index contributed by atoms with van der Waals surface area (Å²) in [5.41, 5.74) is 0.912. The van der Waals surface area contributed by atoms with Crippen molar-refractivity contribution < 1.29 is 9.59 Å². The molecule has 0 aliphatic carbocycles. The van der Waals surface area contributed by atoms with Crippen LogP contribution in [0, 0.1) is 11.3 Å². The van der Waals surface area contributed by atoms with E-state index in [2.05, 4.69) is 11.4 Å². The summed E-state index contributed by atoms with van der Waals surface area (Å²) in [7, 11) is 0. The van der Waals surface area contributed by atoms with Crippen molar-refractivity contribution in [2.45, 2.75) is 18.9 Å². The van der Waals surface area contributed by atoms with Crippen LogP contribution in [0.4, 0.5) is 10.5 Å². The molecule has 1 atom stereocenters. The first-order valence-electron chi connectivity index (χ1n) is 8.72. The number of benzene rings is 1. The number of carbonyl (C=O) groups excluding carboxylic acids is 2. The minimum atomic E-state index is -0.283. The van der Waals surface area contributed by atoms with E-state index in [1.807, 2.05) is 30.3 Å². The molecule has 1 aromatic carbocycles. The van der Waals surface area contributed by atoms with Gasteiger partial charge in [0, 0.05) is 38.4 Å². The number of urea groups is 1. The van der Waals surface area contributed by atoms with Crippen LogP contribution in [0.15, 0.2) is 30.3 Å². The standard InChI is InChI=1S/C18H23N5O2/c19-13-16-7-4-9-22(16)17(24)14-20-8-10-21-11-12-23(18(21)25)15-5-2-1-3-6-15/h1-3,5-6,16,20H,4,7-12,14H2/t16-/m0/s1. The third-order valence-corrected chi connectivity index (χ3v) is 4.72. The average Bonchev–Trinajstić information content (AvgIpc) is 3.26. The van der Waals surface area contributed by atoms with Crippen LogP contribution in [-0.2, 0) is 4.79 Å². The highest BCUT2D eigenvalue weighted by molar-refractivity contribution is 5.94. The van der Waals surface area contributed by atoms with Crippen LogP contribution < -0.4 is 10.2 Å². The van der Waals surface area contributed by atoms with Crippen LogP contribution >= 0.6 is 0 Å². The third-order valence-electron chi connectivity index (χ3n) is 4.72. The minimum absolute atomic E-state index is 0.00316. The zero-order chi connectivity index (χ0) is 17.6. The number of likely N-dealkylation sites (tertiary alicyclic amines) is 1. The Morgan fingerprint density at radius 3 is 2.80 bits per heavy atom. The van der Waals surface area contributed by atoms with E-state index in [0.717, 1.165) is 18.5 Å². The van der Waals surface area contributed by atoms with Gasteiger partial charge in [-0.1, -0.05) is 18.2 Å². The molecule has 0 radical (unpaired) electrons. The Hall–Kier alpha value is -2.59. The van der Waals surface area contributed by atoms with Crippen molar-refractivity contribution in [1.29, 1.82) is 5.26 Å². The zero-order valence-electron chi connectivity index (χ0n) is 14.2. The molecule has 3 amide bonds. The SMILES string of the molecule is N#C[C@@H]1CCCN1C(=O)CNCCN1CCN(c2ccccc2)C1=O. The molecule has 0 aromatic heterocycles. The van der Waals surface area contributed by atoms with Gasteiger partial charge in [0.15, 0.2) is 0 Å². The van der Waals surface area contributed by atoms with Crippen molar-refractivity contribution in [3.8, 4) is 6.07 Å². The molecule has 2 saturated heterocycles. The Morgan fingerprint density at radius 1 is 1.24 bits per heavy atom. The molecule has 25 heavy (non-hydrogen) atoms. The highest BCUT2D eigenvalue weighted by Crippen LogP contribution is 2.19. The summed E-state index contributed by atoms with van der Waals surface area (Å²) in [6, 6.07) is 11.5. The van der Waals surface area contributed by atoms with E-state index in [4.69, 9.17) is 5.26 Å². The maximum Gasteiger partial charge on any atom is 0.324 e. The number of amides is 3. The van der Waals surface area contributed by atoms with Gasteiger partial charge in [0.05, 0.1) is 12.6 Å². The predicted octanol–water partition coefficient (Wildman–Crippen LogP) is 1.03. The van der Waals surface area contributed by atoms with Gasteiger partial charge in [-0.05, 0) is 25.0 Å². The number of hydrogen-bond acceptors (Lipinski definition) is 4. The first-order valence-corrected chi connectivity index (χ1v) is 8.72. The molecule has 1 N–H and O–H groups in total. The Balaban J connectivity index is 1.40. The van der Waals surface area contributed by atoms with Crippen molar-refractivity contribution in [2.24, 2.45) is 0 Å². The number of carbonyl (C=O) groups is 2.